The molecular weight excluding hydrogens is 236 g/mol. The third-order valence-corrected chi connectivity index (χ3v) is 3.31. The minimum absolute atomic E-state index is 0.0408. The van der Waals surface area contributed by atoms with Crippen molar-refractivity contribution in [2.75, 3.05) is 26.2 Å². The lowest BCUT2D eigenvalue weighted by Crippen LogP contribution is -2.51. The summed E-state index contributed by atoms with van der Waals surface area (Å²) in [5.41, 5.74) is 0. The molecule has 1 heterocycles. The molecule has 0 spiro atoms. The molecule has 2 amide bonds. The first-order valence-corrected chi connectivity index (χ1v) is 6.48. The molecule has 0 bridgehead atoms. The average molecular weight is 258 g/mol. The smallest absolute Gasteiger partial charge is 0.323 e. The number of carbonyl (C=O) groups is 2. The third-order valence-electron chi connectivity index (χ3n) is 3.31. The molecule has 6 heteroatoms. The Kier molecular flexibility index (Phi) is 5.91. The van der Waals surface area contributed by atoms with Crippen LogP contribution in [0, 0.1) is 0 Å². The SMILES string of the molecule is CCN(CC(=O)O)C(=O)N1CCCCC1CCO. The number of urea groups is 1. The highest BCUT2D eigenvalue weighted by Gasteiger charge is 2.29. The molecule has 0 saturated carbocycles. The van der Waals surface area contributed by atoms with Crippen molar-refractivity contribution in [1.82, 2.24) is 9.80 Å². The van der Waals surface area contributed by atoms with Crippen molar-refractivity contribution in [3.63, 3.8) is 0 Å². The van der Waals surface area contributed by atoms with Gasteiger partial charge in [0.25, 0.3) is 0 Å². The van der Waals surface area contributed by atoms with Crippen LogP contribution in [-0.2, 0) is 4.79 Å². The average Bonchev–Trinajstić information content (AvgIpc) is 2.36. The van der Waals surface area contributed by atoms with E-state index in [9.17, 15) is 9.59 Å². The Labute approximate surface area is 107 Å². The number of hydrogen-bond acceptors (Lipinski definition) is 3. The summed E-state index contributed by atoms with van der Waals surface area (Å²) in [6.07, 6.45) is 3.45. The highest BCUT2D eigenvalue weighted by Crippen LogP contribution is 2.20. The summed E-state index contributed by atoms with van der Waals surface area (Å²) in [6.45, 7) is 2.59. The van der Waals surface area contributed by atoms with Crippen molar-refractivity contribution >= 4 is 12.0 Å². The van der Waals surface area contributed by atoms with Crippen LogP contribution in [0.15, 0.2) is 0 Å². The molecule has 2 N–H and O–H groups in total. The Balaban J connectivity index is 2.68. The van der Waals surface area contributed by atoms with Gasteiger partial charge in [0, 0.05) is 25.7 Å². The molecule has 1 aliphatic rings. The van der Waals surface area contributed by atoms with Gasteiger partial charge in [0.1, 0.15) is 6.54 Å². The fourth-order valence-corrected chi connectivity index (χ4v) is 2.36. The first-order chi connectivity index (χ1) is 8.60. The van der Waals surface area contributed by atoms with Crippen molar-refractivity contribution in [3.8, 4) is 0 Å². The van der Waals surface area contributed by atoms with E-state index in [4.69, 9.17) is 10.2 Å². The van der Waals surface area contributed by atoms with Crippen molar-refractivity contribution < 1.29 is 19.8 Å². The molecule has 1 aliphatic heterocycles. The number of piperidine rings is 1. The highest BCUT2D eigenvalue weighted by atomic mass is 16.4. The maximum absolute atomic E-state index is 12.3. The van der Waals surface area contributed by atoms with Crippen LogP contribution in [0.2, 0.25) is 0 Å². The van der Waals surface area contributed by atoms with E-state index in [0.717, 1.165) is 19.3 Å². The lowest BCUT2D eigenvalue weighted by Gasteiger charge is -2.38. The minimum Gasteiger partial charge on any atom is -0.480 e. The second-order valence-corrected chi connectivity index (χ2v) is 4.55. The summed E-state index contributed by atoms with van der Waals surface area (Å²) in [6, 6.07) is -0.183. The number of rotatable bonds is 5. The Hall–Kier alpha value is -1.30. The molecule has 1 unspecified atom stereocenters. The number of likely N-dealkylation sites (tertiary alicyclic amines) is 1. The van der Waals surface area contributed by atoms with E-state index in [0.29, 0.717) is 19.5 Å². The fraction of sp³-hybridized carbons (Fsp3) is 0.833. The quantitative estimate of drug-likeness (QED) is 0.762. The summed E-state index contributed by atoms with van der Waals surface area (Å²) in [4.78, 5) is 26.0. The molecule has 1 rings (SSSR count). The number of aliphatic hydroxyl groups excluding tert-OH is 1. The number of carbonyl (C=O) groups excluding carboxylic acids is 1. The highest BCUT2D eigenvalue weighted by molar-refractivity contribution is 5.80. The minimum atomic E-state index is -0.999. The zero-order chi connectivity index (χ0) is 13.5. The summed E-state index contributed by atoms with van der Waals surface area (Å²) < 4.78 is 0. The van der Waals surface area contributed by atoms with Crippen molar-refractivity contribution in [1.29, 1.82) is 0 Å². The fourth-order valence-electron chi connectivity index (χ4n) is 2.36. The molecule has 6 nitrogen and oxygen atoms in total. The number of carboxylic acid groups (broad SMARTS) is 1. The van der Waals surface area contributed by atoms with Crippen LogP contribution < -0.4 is 0 Å². The predicted molar refractivity (Wildman–Crippen MR) is 66.3 cm³/mol. The van der Waals surface area contributed by atoms with Gasteiger partial charge in [0.15, 0.2) is 0 Å². The third kappa shape index (κ3) is 3.87. The molecule has 1 saturated heterocycles. The molecule has 1 atom stereocenters. The van der Waals surface area contributed by atoms with Gasteiger partial charge in [-0.1, -0.05) is 0 Å². The van der Waals surface area contributed by atoms with Gasteiger partial charge in [-0.3, -0.25) is 4.79 Å². The van der Waals surface area contributed by atoms with Crippen LogP contribution in [-0.4, -0.2) is 64.3 Å². The lowest BCUT2D eigenvalue weighted by atomic mass is 10.00. The van der Waals surface area contributed by atoms with E-state index in [1.165, 1.54) is 4.90 Å². The zero-order valence-corrected chi connectivity index (χ0v) is 10.8. The molecular formula is C12H22N2O4. The van der Waals surface area contributed by atoms with E-state index < -0.39 is 5.97 Å². The van der Waals surface area contributed by atoms with Crippen molar-refractivity contribution in [2.24, 2.45) is 0 Å². The monoisotopic (exact) mass is 258 g/mol. The number of hydrogen-bond donors (Lipinski definition) is 2. The lowest BCUT2D eigenvalue weighted by molar-refractivity contribution is -0.137. The second kappa shape index (κ2) is 7.20. The second-order valence-electron chi connectivity index (χ2n) is 4.55. The Morgan fingerprint density at radius 2 is 2.11 bits per heavy atom. The maximum Gasteiger partial charge on any atom is 0.323 e. The molecule has 0 radical (unpaired) electrons. The van der Waals surface area contributed by atoms with Crippen LogP contribution in [0.25, 0.3) is 0 Å². The predicted octanol–water partition coefficient (Wildman–Crippen LogP) is 0.750. The number of amides is 2. The van der Waals surface area contributed by atoms with Crippen molar-refractivity contribution in [3.05, 3.63) is 0 Å². The zero-order valence-electron chi connectivity index (χ0n) is 10.8. The van der Waals surface area contributed by atoms with Gasteiger partial charge < -0.3 is 20.0 Å². The Bertz CT molecular complexity index is 294. The topological polar surface area (TPSA) is 81.1 Å². The largest absolute Gasteiger partial charge is 0.480 e. The van der Waals surface area contributed by atoms with Crippen LogP contribution in [0.1, 0.15) is 32.6 Å². The van der Waals surface area contributed by atoms with Crippen LogP contribution in [0.5, 0.6) is 0 Å². The Morgan fingerprint density at radius 1 is 1.39 bits per heavy atom. The normalized spacial score (nSPS) is 19.7. The van der Waals surface area contributed by atoms with Gasteiger partial charge in [-0.2, -0.15) is 0 Å². The number of likely N-dealkylation sites (N-methyl/N-ethyl adjacent to an activating group) is 1. The Morgan fingerprint density at radius 3 is 2.67 bits per heavy atom. The number of aliphatic carboxylic acids is 1. The molecule has 0 aromatic rings. The van der Waals surface area contributed by atoms with Gasteiger partial charge in [-0.05, 0) is 32.6 Å². The first kappa shape index (κ1) is 14.8. The summed E-state index contributed by atoms with van der Waals surface area (Å²) in [7, 11) is 0. The van der Waals surface area contributed by atoms with E-state index in [2.05, 4.69) is 0 Å². The summed E-state index contributed by atoms with van der Waals surface area (Å²) >= 11 is 0. The van der Waals surface area contributed by atoms with Gasteiger partial charge in [0.2, 0.25) is 0 Å². The molecule has 0 aromatic carbocycles. The van der Waals surface area contributed by atoms with E-state index >= 15 is 0 Å². The van der Waals surface area contributed by atoms with Crippen molar-refractivity contribution in [2.45, 2.75) is 38.6 Å². The number of aliphatic hydroxyl groups is 1. The van der Waals surface area contributed by atoms with Crippen LogP contribution >= 0.6 is 0 Å². The molecule has 1 fully saturated rings. The van der Waals surface area contributed by atoms with Crippen LogP contribution in [0.3, 0.4) is 0 Å². The molecule has 18 heavy (non-hydrogen) atoms. The standard InChI is InChI=1S/C12H22N2O4/c1-2-13(9-11(16)17)12(18)14-7-4-3-5-10(14)6-8-15/h10,15H,2-9H2,1H3,(H,16,17). The maximum atomic E-state index is 12.3. The summed E-state index contributed by atoms with van der Waals surface area (Å²) in [5.74, 6) is -0.999. The van der Waals surface area contributed by atoms with E-state index in [1.807, 2.05) is 0 Å². The van der Waals surface area contributed by atoms with Gasteiger partial charge in [-0.15, -0.1) is 0 Å². The molecule has 0 aliphatic carbocycles. The van der Waals surface area contributed by atoms with Gasteiger partial charge in [-0.25, -0.2) is 4.79 Å². The number of nitrogens with zero attached hydrogens (tertiary/aromatic N) is 2. The van der Waals surface area contributed by atoms with Gasteiger partial charge >= 0.3 is 12.0 Å². The first-order valence-electron chi connectivity index (χ1n) is 6.48. The van der Waals surface area contributed by atoms with E-state index in [1.54, 1.807) is 11.8 Å². The molecule has 0 aromatic heterocycles. The van der Waals surface area contributed by atoms with Crippen LogP contribution in [0.4, 0.5) is 4.79 Å². The van der Waals surface area contributed by atoms with Gasteiger partial charge in [0.05, 0.1) is 0 Å². The number of carboxylic acids is 1. The molecule has 104 valence electrons. The van der Waals surface area contributed by atoms with E-state index in [-0.39, 0.29) is 25.2 Å². The summed E-state index contributed by atoms with van der Waals surface area (Å²) in [5, 5.41) is 17.8.